The van der Waals surface area contributed by atoms with E-state index >= 15 is 0 Å². The molecule has 0 radical (unpaired) electrons. The summed E-state index contributed by atoms with van der Waals surface area (Å²) in [6.07, 6.45) is 3.88. The van der Waals surface area contributed by atoms with Gasteiger partial charge in [0.2, 0.25) is 0 Å². The van der Waals surface area contributed by atoms with Crippen LogP contribution in [-0.2, 0) is 0 Å². The summed E-state index contributed by atoms with van der Waals surface area (Å²) in [4.78, 5) is 8.14. The molecule has 2 aromatic heterocycles. The highest BCUT2D eigenvalue weighted by Crippen LogP contribution is 2.17. The number of anilines is 1. The molecule has 1 aliphatic heterocycles. The second kappa shape index (κ2) is 5.07. The van der Waals surface area contributed by atoms with Crippen molar-refractivity contribution in [3.8, 4) is 0 Å². The highest BCUT2D eigenvalue weighted by molar-refractivity contribution is 6.29. The Balaban J connectivity index is 1.75. The predicted molar refractivity (Wildman–Crippen MR) is 69.9 cm³/mol. The lowest BCUT2D eigenvalue weighted by Crippen LogP contribution is -2.31. The zero-order valence-electron chi connectivity index (χ0n) is 9.93. The molecule has 0 aromatic carbocycles. The summed E-state index contributed by atoms with van der Waals surface area (Å²) >= 11 is 5.96. The van der Waals surface area contributed by atoms with Gasteiger partial charge in [0.25, 0.3) is 5.78 Å². The molecule has 0 aliphatic carbocycles. The highest BCUT2D eigenvalue weighted by Gasteiger charge is 2.13. The minimum absolute atomic E-state index is 0.434. The number of nitrogens with one attached hydrogen (secondary N) is 2. The molecule has 0 atom stereocenters. The minimum atomic E-state index is 0.434. The molecule has 1 fully saturated rings. The van der Waals surface area contributed by atoms with E-state index < -0.39 is 0 Å². The van der Waals surface area contributed by atoms with Gasteiger partial charge in [-0.2, -0.15) is 19.6 Å². The average Bonchev–Trinajstić information content (AvgIpc) is 2.85. The number of piperidine rings is 1. The fourth-order valence-corrected chi connectivity index (χ4v) is 2.42. The van der Waals surface area contributed by atoms with Crippen molar-refractivity contribution in [2.45, 2.75) is 12.8 Å². The van der Waals surface area contributed by atoms with Crippen LogP contribution >= 0.6 is 11.6 Å². The molecule has 0 spiro atoms. The quantitative estimate of drug-likeness (QED) is 0.817. The van der Waals surface area contributed by atoms with E-state index in [1.165, 1.54) is 19.2 Å². The molecule has 0 bridgehead atoms. The Labute approximate surface area is 110 Å². The number of rotatable bonds is 3. The van der Waals surface area contributed by atoms with Gasteiger partial charge in [-0.15, -0.1) is 0 Å². The zero-order chi connectivity index (χ0) is 12.4. The first-order valence-electron chi connectivity index (χ1n) is 6.14. The van der Waals surface area contributed by atoms with Crippen LogP contribution in [-0.4, -0.2) is 39.2 Å². The van der Waals surface area contributed by atoms with Gasteiger partial charge in [-0.3, -0.25) is 0 Å². The standard InChI is InChI=1S/C11H15ClN6/c12-9-5-10(18-11(17-9)15-7-16-18)14-6-8-1-3-13-4-2-8/h5,7-8,13-14H,1-4,6H2. The van der Waals surface area contributed by atoms with Crippen molar-refractivity contribution in [3.63, 3.8) is 0 Å². The van der Waals surface area contributed by atoms with Crippen LogP contribution < -0.4 is 10.6 Å². The van der Waals surface area contributed by atoms with Gasteiger partial charge in [0.1, 0.15) is 17.3 Å². The minimum Gasteiger partial charge on any atom is -0.370 e. The second-order valence-electron chi connectivity index (χ2n) is 4.51. The monoisotopic (exact) mass is 266 g/mol. The van der Waals surface area contributed by atoms with Gasteiger partial charge in [0, 0.05) is 12.6 Å². The lowest BCUT2D eigenvalue weighted by atomic mass is 9.98. The van der Waals surface area contributed by atoms with Crippen molar-refractivity contribution in [3.05, 3.63) is 17.5 Å². The molecule has 0 unspecified atom stereocenters. The maximum absolute atomic E-state index is 5.96. The lowest BCUT2D eigenvalue weighted by molar-refractivity contribution is 0.389. The Morgan fingerprint density at radius 1 is 1.44 bits per heavy atom. The number of halogens is 1. The Morgan fingerprint density at radius 3 is 3.11 bits per heavy atom. The van der Waals surface area contributed by atoms with Crippen LogP contribution in [0.2, 0.25) is 5.15 Å². The fraction of sp³-hybridized carbons (Fsp3) is 0.545. The molecule has 96 valence electrons. The Bertz CT molecular complexity index is 533. The third-order valence-electron chi connectivity index (χ3n) is 3.25. The van der Waals surface area contributed by atoms with Crippen molar-refractivity contribution < 1.29 is 0 Å². The van der Waals surface area contributed by atoms with E-state index in [-0.39, 0.29) is 0 Å². The van der Waals surface area contributed by atoms with Gasteiger partial charge < -0.3 is 10.6 Å². The normalized spacial score (nSPS) is 17.2. The Kier molecular flexibility index (Phi) is 3.29. The van der Waals surface area contributed by atoms with Crippen LogP contribution in [0.25, 0.3) is 5.78 Å². The molecule has 0 saturated carbocycles. The maximum atomic E-state index is 5.96. The maximum Gasteiger partial charge on any atom is 0.255 e. The molecule has 2 N–H and O–H groups in total. The fourth-order valence-electron chi connectivity index (χ4n) is 2.24. The van der Waals surface area contributed by atoms with Crippen molar-refractivity contribution in [1.29, 1.82) is 0 Å². The number of fused-ring (bicyclic) bond motifs is 1. The number of hydrogen-bond donors (Lipinski definition) is 2. The van der Waals surface area contributed by atoms with Gasteiger partial charge in [0.15, 0.2) is 0 Å². The Hall–Kier alpha value is -1.40. The highest BCUT2D eigenvalue weighted by atomic mass is 35.5. The van der Waals surface area contributed by atoms with Crippen molar-refractivity contribution in [2.24, 2.45) is 5.92 Å². The van der Waals surface area contributed by atoms with Gasteiger partial charge in [-0.05, 0) is 31.8 Å². The molecule has 2 aromatic rings. The topological polar surface area (TPSA) is 67.1 Å². The van der Waals surface area contributed by atoms with Gasteiger partial charge in [0.05, 0.1) is 0 Å². The van der Waals surface area contributed by atoms with Gasteiger partial charge in [-0.1, -0.05) is 11.6 Å². The molecule has 7 heteroatoms. The summed E-state index contributed by atoms with van der Waals surface area (Å²) in [5.74, 6) is 2.06. The average molecular weight is 267 g/mol. The van der Waals surface area contributed by atoms with E-state index in [2.05, 4.69) is 25.7 Å². The molecule has 18 heavy (non-hydrogen) atoms. The van der Waals surface area contributed by atoms with E-state index in [0.29, 0.717) is 16.8 Å². The first-order valence-corrected chi connectivity index (χ1v) is 6.51. The molecule has 0 amide bonds. The van der Waals surface area contributed by atoms with E-state index in [1.54, 1.807) is 10.6 Å². The summed E-state index contributed by atoms with van der Waals surface area (Å²) < 4.78 is 1.67. The first kappa shape index (κ1) is 11.7. The molecule has 1 aliphatic rings. The largest absolute Gasteiger partial charge is 0.370 e. The van der Waals surface area contributed by atoms with Crippen molar-refractivity contribution in [2.75, 3.05) is 25.0 Å². The molecular weight excluding hydrogens is 252 g/mol. The van der Waals surface area contributed by atoms with E-state index in [0.717, 1.165) is 25.5 Å². The predicted octanol–water partition coefficient (Wildman–Crippen LogP) is 1.19. The zero-order valence-corrected chi connectivity index (χ0v) is 10.7. The summed E-state index contributed by atoms with van der Waals surface area (Å²) in [5, 5.41) is 11.3. The molecule has 1 saturated heterocycles. The summed E-state index contributed by atoms with van der Waals surface area (Å²) in [5.41, 5.74) is 0. The third-order valence-corrected chi connectivity index (χ3v) is 3.44. The summed E-state index contributed by atoms with van der Waals surface area (Å²) in [6, 6.07) is 1.78. The number of hydrogen-bond acceptors (Lipinski definition) is 5. The van der Waals surface area contributed by atoms with Crippen LogP contribution in [0.1, 0.15) is 12.8 Å². The summed E-state index contributed by atoms with van der Waals surface area (Å²) in [6.45, 7) is 3.13. The van der Waals surface area contributed by atoms with E-state index in [9.17, 15) is 0 Å². The SMILES string of the molecule is Clc1cc(NCC2CCNCC2)n2ncnc2n1. The van der Waals surface area contributed by atoms with E-state index in [1.807, 2.05) is 0 Å². The van der Waals surface area contributed by atoms with E-state index in [4.69, 9.17) is 11.6 Å². The first-order chi connectivity index (χ1) is 8.83. The molecule has 6 nitrogen and oxygen atoms in total. The van der Waals surface area contributed by atoms with Gasteiger partial charge >= 0.3 is 0 Å². The third kappa shape index (κ3) is 2.39. The van der Waals surface area contributed by atoms with Crippen molar-refractivity contribution in [1.82, 2.24) is 24.9 Å². The van der Waals surface area contributed by atoms with Crippen LogP contribution in [0.15, 0.2) is 12.4 Å². The van der Waals surface area contributed by atoms with Crippen LogP contribution in [0.4, 0.5) is 5.82 Å². The molecule has 3 heterocycles. The smallest absolute Gasteiger partial charge is 0.255 e. The number of aromatic nitrogens is 4. The van der Waals surface area contributed by atoms with Crippen LogP contribution in [0.3, 0.4) is 0 Å². The second-order valence-corrected chi connectivity index (χ2v) is 4.90. The van der Waals surface area contributed by atoms with Crippen LogP contribution in [0.5, 0.6) is 0 Å². The van der Waals surface area contributed by atoms with Crippen molar-refractivity contribution >= 4 is 23.2 Å². The summed E-state index contributed by atoms with van der Waals surface area (Å²) in [7, 11) is 0. The lowest BCUT2D eigenvalue weighted by Gasteiger charge is -2.23. The molecular formula is C11H15ClN6. The van der Waals surface area contributed by atoms with Gasteiger partial charge in [-0.25, -0.2) is 0 Å². The Morgan fingerprint density at radius 2 is 2.28 bits per heavy atom. The number of nitrogens with zero attached hydrogens (tertiary/aromatic N) is 4. The molecule has 3 rings (SSSR count). The van der Waals surface area contributed by atoms with Crippen LogP contribution in [0, 0.1) is 5.92 Å².